The van der Waals surface area contributed by atoms with Gasteiger partial charge in [-0.15, -0.1) is 24.5 Å². The normalized spacial score (nSPS) is 12.0. The van der Waals surface area contributed by atoms with Gasteiger partial charge in [0, 0.05) is 37.6 Å². The zero-order valence-corrected chi connectivity index (χ0v) is 23.1. The van der Waals surface area contributed by atoms with Crippen LogP contribution in [-0.2, 0) is 25.7 Å². The lowest BCUT2D eigenvalue weighted by atomic mass is 10.1. The summed E-state index contributed by atoms with van der Waals surface area (Å²) in [7, 11) is 0. The highest BCUT2D eigenvalue weighted by Crippen LogP contribution is 2.39. The third-order valence-corrected chi connectivity index (χ3v) is 7.27. The van der Waals surface area contributed by atoms with Gasteiger partial charge in [-0.1, -0.05) is 43.3 Å². The fourth-order valence-corrected chi connectivity index (χ4v) is 5.28. The summed E-state index contributed by atoms with van der Waals surface area (Å²) in [6.45, 7) is 3.60. The fraction of sp³-hybridized carbons (Fsp3) is 0.276. The van der Waals surface area contributed by atoms with Crippen LogP contribution in [0.5, 0.6) is 5.75 Å². The van der Waals surface area contributed by atoms with Gasteiger partial charge in [0.05, 0.1) is 0 Å². The van der Waals surface area contributed by atoms with Crippen molar-refractivity contribution in [3.05, 3.63) is 100 Å². The van der Waals surface area contributed by atoms with Crippen molar-refractivity contribution in [2.75, 3.05) is 13.1 Å². The summed E-state index contributed by atoms with van der Waals surface area (Å²) in [5.74, 6) is -1.40. The van der Waals surface area contributed by atoms with Gasteiger partial charge in [0.15, 0.2) is 5.69 Å². The van der Waals surface area contributed by atoms with Gasteiger partial charge < -0.3 is 10.1 Å². The lowest BCUT2D eigenvalue weighted by molar-refractivity contribution is -0.274. The number of hydrogen-bond acceptors (Lipinski definition) is 6. The number of carbonyl (C=O) groups excluding carboxylic acids is 1. The van der Waals surface area contributed by atoms with Crippen LogP contribution in [0.15, 0.2) is 73.1 Å². The van der Waals surface area contributed by atoms with Gasteiger partial charge in [0.2, 0.25) is 0 Å². The second kappa shape index (κ2) is 13.3. The van der Waals surface area contributed by atoms with Gasteiger partial charge in [-0.25, -0.2) is 4.98 Å². The molecule has 0 aliphatic carbocycles. The first kappa shape index (κ1) is 31.0. The smallest absolute Gasteiger partial charge is 0.406 e. The Balaban J connectivity index is 1.51. The van der Waals surface area contributed by atoms with Crippen LogP contribution in [0.25, 0.3) is 10.6 Å². The molecule has 1 N–H and O–H groups in total. The Morgan fingerprint density at radius 2 is 1.69 bits per heavy atom. The van der Waals surface area contributed by atoms with Crippen molar-refractivity contribution >= 4 is 17.2 Å². The SMILES string of the molecule is CCN(Cc1ccncc1)Cc1ccccc1-c1nc(C(F)(F)F)c(C(=O)NCCc2cccc(OC(F)(F)F)c2)s1. The third-order valence-electron chi connectivity index (χ3n) is 6.18. The molecule has 0 atom stereocenters. The maximum atomic E-state index is 14.0. The van der Waals surface area contributed by atoms with E-state index in [9.17, 15) is 31.1 Å². The molecule has 0 saturated carbocycles. The van der Waals surface area contributed by atoms with E-state index in [4.69, 9.17) is 0 Å². The lowest BCUT2D eigenvalue weighted by Gasteiger charge is -2.21. The number of rotatable bonds is 11. The lowest BCUT2D eigenvalue weighted by Crippen LogP contribution is -2.27. The summed E-state index contributed by atoms with van der Waals surface area (Å²) in [6.07, 6.45) is -6.29. The van der Waals surface area contributed by atoms with Gasteiger partial charge in [-0.05, 0) is 53.9 Å². The van der Waals surface area contributed by atoms with E-state index in [1.807, 2.05) is 25.1 Å². The van der Waals surface area contributed by atoms with Gasteiger partial charge >= 0.3 is 12.5 Å². The van der Waals surface area contributed by atoms with Crippen molar-refractivity contribution < 1.29 is 35.9 Å². The van der Waals surface area contributed by atoms with E-state index in [-0.39, 0.29) is 18.0 Å². The molecule has 2 aromatic heterocycles. The average molecular weight is 609 g/mol. The molecule has 0 bridgehead atoms. The Morgan fingerprint density at radius 3 is 2.38 bits per heavy atom. The molecule has 222 valence electrons. The summed E-state index contributed by atoms with van der Waals surface area (Å²) < 4.78 is 83.2. The number of alkyl halides is 6. The largest absolute Gasteiger partial charge is 0.573 e. The van der Waals surface area contributed by atoms with Crippen molar-refractivity contribution in [2.45, 2.75) is 39.0 Å². The monoisotopic (exact) mass is 608 g/mol. The van der Waals surface area contributed by atoms with E-state index in [0.717, 1.165) is 23.3 Å². The maximum Gasteiger partial charge on any atom is 0.573 e. The van der Waals surface area contributed by atoms with Crippen molar-refractivity contribution in [3.63, 3.8) is 0 Å². The van der Waals surface area contributed by atoms with Crippen LogP contribution >= 0.6 is 11.3 Å². The first-order chi connectivity index (χ1) is 19.9. The van der Waals surface area contributed by atoms with E-state index in [2.05, 4.69) is 24.9 Å². The third kappa shape index (κ3) is 8.52. The van der Waals surface area contributed by atoms with E-state index in [1.54, 1.807) is 30.6 Å². The van der Waals surface area contributed by atoms with Crippen LogP contribution < -0.4 is 10.1 Å². The Hall–Kier alpha value is -3.97. The minimum absolute atomic E-state index is 0.0556. The van der Waals surface area contributed by atoms with Gasteiger partial charge in [0.1, 0.15) is 15.6 Å². The minimum atomic E-state index is -4.88. The molecule has 0 saturated heterocycles. The summed E-state index contributed by atoms with van der Waals surface area (Å²) in [5, 5.41) is 2.49. The molecule has 0 fully saturated rings. The predicted molar refractivity (Wildman–Crippen MR) is 146 cm³/mol. The minimum Gasteiger partial charge on any atom is -0.406 e. The molecular formula is C29H26F6N4O2S. The Morgan fingerprint density at radius 1 is 0.952 bits per heavy atom. The van der Waals surface area contributed by atoms with E-state index in [1.165, 1.54) is 12.1 Å². The molecular weight excluding hydrogens is 582 g/mol. The Labute approximate surface area is 242 Å². The molecule has 2 aromatic carbocycles. The number of aromatic nitrogens is 2. The number of amides is 1. The number of hydrogen-bond donors (Lipinski definition) is 1. The highest BCUT2D eigenvalue weighted by Gasteiger charge is 2.40. The van der Waals surface area contributed by atoms with Crippen LogP contribution in [0.1, 0.15) is 39.0 Å². The van der Waals surface area contributed by atoms with Crippen molar-refractivity contribution in [1.82, 2.24) is 20.2 Å². The highest BCUT2D eigenvalue weighted by molar-refractivity contribution is 7.17. The van der Waals surface area contributed by atoms with Gasteiger partial charge in [0.25, 0.3) is 5.91 Å². The molecule has 4 aromatic rings. The van der Waals surface area contributed by atoms with Crippen LogP contribution in [0.2, 0.25) is 0 Å². The standard InChI is InChI=1S/C29H26F6N4O2S/c1-2-39(17-20-10-13-36-14-11-20)18-21-7-3-4-9-23(21)27-38-25(28(30,31)32)24(42-27)26(40)37-15-12-19-6-5-8-22(16-19)41-29(33,34)35/h3-11,13-14,16H,2,12,15,17-18H2,1H3,(H,37,40). The quantitative estimate of drug-likeness (QED) is 0.184. The van der Waals surface area contributed by atoms with E-state index < -0.39 is 34.8 Å². The number of ether oxygens (including phenoxy) is 1. The molecule has 6 nitrogen and oxygen atoms in total. The zero-order chi connectivity index (χ0) is 30.3. The Kier molecular flexibility index (Phi) is 9.84. The molecule has 42 heavy (non-hydrogen) atoms. The highest BCUT2D eigenvalue weighted by atomic mass is 32.1. The topological polar surface area (TPSA) is 67.4 Å². The van der Waals surface area contributed by atoms with Gasteiger partial charge in [-0.3, -0.25) is 14.7 Å². The van der Waals surface area contributed by atoms with Crippen LogP contribution in [0, 0.1) is 0 Å². The second-order valence-corrected chi connectivity index (χ2v) is 10.2. The predicted octanol–water partition coefficient (Wildman–Crippen LogP) is 7.12. The summed E-state index contributed by atoms with van der Waals surface area (Å²) in [4.78, 5) is 22.3. The second-order valence-electron chi connectivity index (χ2n) is 9.21. The number of thiazole rings is 1. The maximum absolute atomic E-state index is 14.0. The fourth-order valence-electron chi connectivity index (χ4n) is 4.21. The molecule has 1 amide bonds. The number of nitrogens with one attached hydrogen (secondary N) is 1. The molecule has 13 heteroatoms. The van der Waals surface area contributed by atoms with Crippen LogP contribution in [0.3, 0.4) is 0 Å². The average Bonchev–Trinajstić information content (AvgIpc) is 3.39. The van der Waals surface area contributed by atoms with Gasteiger partial charge in [-0.2, -0.15) is 13.2 Å². The molecule has 0 unspecified atom stereocenters. The zero-order valence-electron chi connectivity index (χ0n) is 22.3. The first-order valence-electron chi connectivity index (χ1n) is 12.8. The molecule has 0 aliphatic rings. The number of carbonyl (C=O) groups is 1. The number of benzene rings is 2. The Bertz CT molecular complexity index is 1490. The number of pyridine rings is 1. The summed E-state index contributed by atoms with van der Waals surface area (Å²) in [6, 6.07) is 15.9. The number of halogens is 6. The molecule has 2 heterocycles. The van der Waals surface area contributed by atoms with E-state index >= 15 is 0 Å². The summed E-state index contributed by atoms with van der Waals surface area (Å²) >= 11 is 0.641. The molecule has 0 radical (unpaired) electrons. The van der Waals surface area contributed by atoms with Crippen LogP contribution in [0.4, 0.5) is 26.3 Å². The molecule has 0 spiro atoms. The molecule has 0 aliphatic heterocycles. The van der Waals surface area contributed by atoms with E-state index in [0.29, 0.717) is 42.1 Å². The van der Waals surface area contributed by atoms with Crippen molar-refractivity contribution in [1.29, 1.82) is 0 Å². The van der Waals surface area contributed by atoms with Crippen molar-refractivity contribution in [3.8, 4) is 16.3 Å². The van der Waals surface area contributed by atoms with Crippen molar-refractivity contribution in [2.24, 2.45) is 0 Å². The summed E-state index contributed by atoms with van der Waals surface area (Å²) in [5.41, 5.74) is 1.39. The molecule has 4 rings (SSSR count). The number of nitrogens with zero attached hydrogens (tertiary/aromatic N) is 3. The van der Waals surface area contributed by atoms with Crippen LogP contribution in [-0.4, -0.2) is 40.2 Å². The first-order valence-corrected chi connectivity index (χ1v) is 13.6.